The number of ether oxygens (including phenoxy) is 1. The van der Waals surface area contributed by atoms with Crippen LogP contribution in [0, 0.1) is 11.3 Å². The third kappa shape index (κ3) is 3.57. The number of nitrogens with zero attached hydrogens (tertiary/aromatic N) is 1. The third-order valence-electron chi connectivity index (χ3n) is 1.67. The van der Waals surface area contributed by atoms with E-state index in [4.69, 9.17) is 10.00 Å². The van der Waals surface area contributed by atoms with E-state index in [1.807, 2.05) is 0 Å². The number of sulfonamides is 1. The van der Waals surface area contributed by atoms with Crippen LogP contribution in [0.1, 0.15) is 0 Å². The Morgan fingerprint density at radius 3 is 2.65 bits per heavy atom. The number of anilines is 1. The van der Waals surface area contributed by atoms with Crippen LogP contribution in [0.15, 0.2) is 24.3 Å². The van der Waals surface area contributed by atoms with Crippen LogP contribution in [0.25, 0.3) is 0 Å². The van der Waals surface area contributed by atoms with Gasteiger partial charge in [-0.1, -0.05) is 12.1 Å². The van der Waals surface area contributed by atoms with E-state index in [0.29, 0.717) is 0 Å². The number of rotatable bonds is 5. The van der Waals surface area contributed by atoms with E-state index in [-0.39, 0.29) is 18.0 Å². The molecule has 0 bridgehead atoms. The van der Waals surface area contributed by atoms with Gasteiger partial charge in [0.15, 0.2) is 6.61 Å². The molecule has 0 amide bonds. The molecule has 1 aromatic rings. The Kier molecular flexibility index (Phi) is 4.23. The van der Waals surface area contributed by atoms with E-state index in [1.165, 1.54) is 24.3 Å². The third-order valence-corrected chi connectivity index (χ3v) is 2.64. The largest absolute Gasteiger partial charge is 0.477 e. The maximum Gasteiger partial charge on any atom is 0.355 e. The van der Waals surface area contributed by atoms with Crippen LogP contribution in [0.4, 0.5) is 14.5 Å². The number of hydrogen-bond acceptors (Lipinski definition) is 4. The summed E-state index contributed by atoms with van der Waals surface area (Å²) in [6, 6.07) is 7.27. The number of benzene rings is 1. The number of alkyl halides is 2. The van der Waals surface area contributed by atoms with Crippen molar-refractivity contribution in [2.45, 2.75) is 5.76 Å². The molecule has 1 N–H and O–H groups in total. The fourth-order valence-electron chi connectivity index (χ4n) is 0.985. The molecule has 1 rings (SSSR count). The molecule has 5 nitrogen and oxygen atoms in total. The standard InChI is InChI=1S/C9H8F2N2O3S/c10-9(11)17(14,15)13-7-3-1-2-4-8(7)16-6-5-12/h1-4,9,13H,6H2. The van der Waals surface area contributed by atoms with Gasteiger partial charge in [-0.05, 0) is 12.1 Å². The highest BCUT2D eigenvalue weighted by Gasteiger charge is 2.24. The second-order valence-electron chi connectivity index (χ2n) is 2.85. The van der Waals surface area contributed by atoms with Gasteiger partial charge in [-0.15, -0.1) is 0 Å². The van der Waals surface area contributed by atoms with Gasteiger partial charge in [0.2, 0.25) is 0 Å². The van der Waals surface area contributed by atoms with E-state index in [0.717, 1.165) is 0 Å². The van der Waals surface area contributed by atoms with E-state index < -0.39 is 15.8 Å². The first-order chi connectivity index (χ1) is 7.97. The number of nitriles is 1. The van der Waals surface area contributed by atoms with Gasteiger partial charge in [0.05, 0.1) is 5.69 Å². The number of halogens is 2. The molecule has 8 heteroatoms. The summed E-state index contributed by atoms with van der Waals surface area (Å²) in [6.45, 7) is -0.312. The lowest BCUT2D eigenvalue weighted by atomic mass is 10.3. The Labute approximate surface area is 96.7 Å². The first-order valence-corrected chi connectivity index (χ1v) is 5.90. The molecule has 0 saturated carbocycles. The highest BCUT2D eigenvalue weighted by molar-refractivity contribution is 7.93. The van der Waals surface area contributed by atoms with E-state index in [1.54, 1.807) is 10.8 Å². The average molecular weight is 262 g/mol. The van der Waals surface area contributed by atoms with Crippen LogP contribution in [0.5, 0.6) is 5.75 Å². The summed E-state index contributed by atoms with van der Waals surface area (Å²) in [5.74, 6) is -3.52. The Morgan fingerprint density at radius 2 is 2.06 bits per heavy atom. The minimum atomic E-state index is -4.75. The molecule has 17 heavy (non-hydrogen) atoms. The van der Waals surface area contributed by atoms with Gasteiger partial charge >= 0.3 is 5.76 Å². The molecule has 0 aliphatic carbocycles. The lowest BCUT2D eigenvalue weighted by Gasteiger charge is -2.11. The molecule has 1 aromatic carbocycles. The normalized spacial score (nSPS) is 10.9. The highest BCUT2D eigenvalue weighted by Crippen LogP contribution is 2.25. The van der Waals surface area contributed by atoms with Gasteiger partial charge in [0.25, 0.3) is 10.0 Å². The molecule has 0 radical (unpaired) electrons. The van der Waals surface area contributed by atoms with Gasteiger partial charge in [0.1, 0.15) is 11.8 Å². The molecule has 0 aliphatic heterocycles. The van der Waals surface area contributed by atoms with Crippen LogP contribution in [0.2, 0.25) is 0 Å². The monoisotopic (exact) mass is 262 g/mol. The summed E-state index contributed by atoms with van der Waals surface area (Å²) in [4.78, 5) is 0. The Hall–Kier alpha value is -1.88. The molecule has 0 aromatic heterocycles. The summed E-state index contributed by atoms with van der Waals surface area (Å²) >= 11 is 0. The molecule has 0 saturated heterocycles. The van der Waals surface area contributed by atoms with Crippen molar-refractivity contribution in [2.75, 3.05) is 11.3 Å². The lowest BCUT2D eigenvalue weighted by molar-refractivity contribution is 0.236. The molecule has 0 atom stereocenters. The van der Waals surface area contributed by atoms with Gasteiger partial charge < -0.3 is 4.74 Å². The Balaban J connectivity index is 2.95. The zero-order valence-electron chi connectivity index (χ0n) is 8.43. The van der Waals surface area contributed by atoms with Crippen molar-refractivity contribution in [3.8, 4) is 11.8 Å². The summed E-state index contributed by atoms with van der Waals surface area (Å²) < 4.78 is 52.7. The van der Waals surface area contributed by atoms with Crippen molar-refractivity contribution in [1.82, 2.24) is 0 Å². The predicted octanol–water partition coefficient (Wildman–Crippen LogP) is 1.55. The molecule has 0 spiro atoms. The van der Waals surface area contributed by atoms with Crippen LogP contribution >= 0.6 is 0 Å². The molecule has 0 fully saturated rings. The number of nitrogens with one attached hydrogen (secondary N) is 1. The Bertz CT molecular complexity index is 525. The van der Waals surface area contributed by atoms with Crippen molar-refractivity contribution >= 4 is 15.7 Å². The van der Waals surface area contributed by atoms with Gasteiger partial charge in [-0.2, -0.15) is 14.0 Å². The molecular formula is C9H8F2N2O3S. The first-order valence-electron chi connectivity index (χ1n) is 4.36. The smallest absolute Gasteiger partial charge is 0.355 e. The van der Waals surface area contributed by atoms with Gasteiger partial charge in [0, 0.05) is 0 Å². The fourth-order valence-corrected chi connectivity index (χ4v) is 1.55. The molecule has 0 aliphatic rings. The van der Waals surface area contributed by atoms with Crippen LogP contribution in [-0.2, 0) is 10.0 Å². The van der Waals surface area contributed by atoms with Crippen LogP contribution in [-0.4, -0.2) is 20.8 Å². The molecule has 92 valence electrons. The topological polar surface area (TPSA) is 79.2 Å². The first kappa shape index (κ1) is 13.2. The Morgan fingerprint density at radius 1 is 1.41 bits per heavy atom. The van der Waals surface area contributed by atoms with Crippen molar-refractivity contribution in [1.29, 1.82) is 5.26 Å². The quantitative estimate of drug-likeness (QED) is 0.873. The average Bonchev–Trinajstić information content (AvgIpc) is 2.27. The number of para-hydroxylation sites is 2. The zero-order chi connectivity index (χ0) is 12.9. The molecule has 0 unspecified atom stereocenters. The SMILES string of the molecule is N#CCOc1ccccc1NS(=O)(=O)C(F)F. The lowest BCUT2D eigenvalue weighted by Crippen LogP contribution is -2.21. The van der Waals surface area contributed by atoms with Crippen molar-refractivity contribution in [3.63, 3.8) is 0 Å². The van der Waals surface area contributed by atoms with Gasteiger partial charge in [-0.25, -0.2) is 8.42 Å². The van der Waals surface area contributed by atoms with Gasteiger partial charge in [-0.3, -0.25) is 4.72 Å². The summed E-state index contributed by atoms with van der Waals surface area (Å²) in [6.07, 6.45) is 0. The molecular weight excluding hydrogens is 254 g/mol. The van der Waals surface area contributed by atoms with Crippen molar-refractivity contribution < 1.29 is 21.9 Å². The fraction of sp³-hybridized carbons (Fsp3) is 0.222. The second-order valence-corrected chi connectivity index (χ2v) is 4.50. The minimum Gasteiger partial charge on any atom is -0.477 e. The maximum atomic E-state index is 12.1. The van der Waals surface area contributed by atoms with Crippen molar-refractivity contribution in [3.05, 3.63) is 24.3 Å². The number of hydrogen-bond donors (Lipinski definition) is 1. The van der Waals surface area contributed by atoms with E-state index >= 15 is 0 Å². The second kappa shape index (κ2) is 5.45. The van der Waals surface area contributed by atoms with E-state index in [9.17, 15) is 17.2 Å². The van der Waals surface area contributed by atoms with Crippen LogP contribution < -0.4 is 9.46 Å². The highest BCUT2D eigenvalue weighted by atomic mass is 32.2. The minimum absolute atomic E-state index is 0.0123. The summed E-state index contributed by atoms with van der Waals surface area (Å²) in [7, 11) is -4.75. The maximum absolute atomic E-state index is 12.1. The summed E-state index contributed by atoms with van der Waals surface area (Å²) in [5, 5.41) is 8.31. The van der Waals surface area contributed by atoms with E-state index in [2.05, 4.69) is 0 Å². The van der Waals surface area contributed by atoms with Crippen LogP contribution in [0.3, 0.4) is 0 Å². The zero-order valence-corrected chi connectivity index (χ0v) is 9.25. The predicted molar refractivity (Wildman–Crippen MR) is 56.1 cm³/mol. The molecule has 0 heterocycles. The summed E-state index contributed by atoms with van der Waals surface area (Å²) in [5.41, 5.74) is -0.136. The van der Waals surface area contributed by atoms with Crippen molar-refractivity contribution in [2.24, 2.45) is 0 Å².